The van der Waals surface area contributed by atoms with Gasteiger partial charge in [0, 0.05) is 25.6 Å². The van der Waals surface area contributed by atoms with E-state index in [0.29, 0.717) is 0 Å². The van der Waals surface area contributed by atoms with Crippen LogP contribution in [0.2, 0.25) is 0 Å². The first-order chi connectivity index (χ1) is 7.61. The van der Waals surface area contributed by atoms with Gasteiger partial charge in [-0.3, -0.25) is 4.79 Å². The van der Waals surface area contributed by atoms with Crippen molar-refractivity contribution in [2.45, 2.75) is 6.92 Å². The average Bonchev–Trinajstić information content (AvgIpc) is 2.54. The Labute approximate surface area is 93.8 Å². The Morgan fingerprint density at radius 1 is 1.44 bits per heavy atom. The lowest BCUT2D eigenvalue weighted by molar-refractivity contribution is -0.114. The van der Waals surface area contributed by atoms with Gasteiger partial charge in [0.2, 0.25) is 5.91 Å². The minimum Gasteiger partial charge on any atom is -0.497 e. The molecular weight excluding hydrogens is 204 g/mol. The van der Waals surface area contributed by atoms with E-state index in [1.165, 1.54) is 6.92 Å². The highest BCUT2D eigenvalue weighted by molar-refractivity contribution is 6.01. The van der Waals surface area contributed by atoms with Crippen molar-refractivity contribution in [1.82, 2.24) is 4.57 Å². The third-order valence-electron chi connectivity index (χ3n) is 2.51. The summed E-state index contributed by atoms with van der Waals surface area (Å²) in [5.41, 5.74) is 1.87. The first-order valence-corrected chi connectivity index (χ1v) is 5.02. The minimum absolute atomic E-state index is 0.0738. The van der Waals surface area contributed by atoms with E-state index >= 15 is 0 Å². The zero-order valence-electron chi connectivity index (χ0n) is 9.57. The normalized spacial score (nSPS) is 10.4. The smallest absolute Gasteiger partial charge is 0.221 e. The van der Waals surface area contributed by atoms with E-state index in [0.717, 1.165) is 22.3 Å². The van der Waals surface area contributed by atoms with Gasteiger partial charge in [-0.1, -0.05) is 0 Å². The lowest BCUT2D eigenvalue weighted by Crippen LogP contribution is -2.04. The first-order valence-electron chi connectivity index (χ1n) is 5.02. The van der Waals surface area contributed by atoms with Gasteiger partial charge in [0.05, 0.1) is 18.3 Å². The van der Waals surface area contributed by atoms with Crippen LogP contribution in [0, 0.1) is 0 Å². The molecule has 84 valence electrons. The Balaban J connectivity index is 2.60. The zero-order valence-corrected chi connectivity index (χ0v) is 9.57. The predicted octanol–water partition coefficient (Wildman–Crippen LogP) is 2.15. The van der Waals surface area contributed by atoms with Crippen molar-refractivity contribution in [2.75, 3.05) is 12.4 Å². The molecule has 1 aromatic heterocycles. The van der Waals surface area contributed by atoms with Gasteiger partial charge in [0.1, 0.15) is 5.75 Å². The highest BCUT2D eigenvalue weighted by Gasteiger charge is 2.08. The molecule has 1 N–H and O–H groups in total. The van der Waals surface area contributed by atoms with Crippen LogP contribution < -0.4 is 10.1 Å². The van der Waals surface area contributed by atoms with Gasteiger partial charge < -0.3 is 14.6 Å². The number of carbonyl (C=O) groups is 1. The molecule has 0 aliphatic heterocycles. The highest BCUT2D eigenvalue weighted by Crippen LogP contribution is 2.28. The number of methoxy groups -OCH3 is 1. The van der Waals surface area contributed by atoms with Crippen LogP contribution in [0.1, 0.15) is 6.92 Å². The summed E-state index contributed by atoms with van der Waals surface area (Å²) in [6.45, 7) is 1.50. The van der Waals surface area contributed by atoms with Gasteiger partial charge in [0.15, 0.2) is 0 Å². The van der Waals surface area contributed by atoms with E-state index in [1.807, 2.05) is 36.0 Å². The molecule has 0 saturated carbocycles. The molecule has 16 heavy (non-hydrogen) atoms. The average molecular weight is 218 g/mol. The van der Waals surface area contributed by atoms with E-state index in [9.17, 15) is 4.79 Å². The topological polar surface area (TPSA) is 43.3 Å². The van der Waals surface area contributed by atoms with Crippen molar-refractivity contribution in [2.24, 2.45) is 7.05 Å². The maximum absolute atomic E-state index is 11.1. The number of benzene rings is 1. The summed E-state index contributed by atoms with van der Waals surface area (Å²) in [6.07, 6.45) is 1.89. The quantitative estimate of drug-likeness (QED) is 0.839. The summed E-state index contributed by atoms with van der Waals surface area (Å²) in [5, 5.41) is 3.79. The van der Waals surface area contributed by atoms with E-state index < -0.39 is 0 Å². The lowest BCUT2D eigenvalue weighted by Gasteiger charge is -2.02. The van der Waals surface area contributed by atoms with Gasteiger partial charge in [-0.25, -0.2) is 0 Å². The Morgan fingerprint density at radius 2 is 2.19 bits per heavy atom. The van der Waals surface area contributed by atoms with Crippen LogP contribution in [-0.4, -0.2) is 17.6 Å². The molecule has 0 radical (unpaired) electrons. The fourth-order valence-electron chi connectivity index (χ4n) is 1.79. The van der Waals surface area contributed by atoms with Crippen molar-refractivity contribution < 1.29 is 9.53 Å². The monoisotopic (exact) mass is 218 g/mol. The fourth-order valence-corrected chi connectivity index (χ4v) is 1.79. The number of aromatic nitrogens is 1. The molecule has 0 fully saturated rings. The minimum atomic E-state index is -0.0738. The molecule has 4 heteroatoms. The third-order valence-corrected chi connectivity index (χ3v) is 2.51. The SMILES string of the molecule is COc1ccc2c(c1)c(NC(C)=O)cn2C. The van der Waals surface area contributed by atoms with Crippen molar-refractivity contribution in [3.05, 3.63) is 24.4 Å². The zero-order chi connectivity index (χ0) is 11.7. The number of anilines is 1. The molecule has 0 spiro atoms. The van der Waals surface area contributed by atoms with Crippen molar-refractivity contribution in [1.29, 1.82) is 0 Å². The van der Waals surface area contributed by atoms with Crippen LogP contribution in [-0.2, 0) is 11.8 Å². The molecule has 2 aromatic rings. The molecule has 2 rings (SSSR count). The maximum Gasteiger partial charge on any atom is 0.221 e. The van der Waals surface area contributed by atoms with Gasteiger partial charge in [-0.05, 0) is 18.2 Å². The molecule has 4 nitrogen and oxygen atoms in total. The summed E-state index contributed by atoms with van der Waals surface area (Å²) in [4.78, 5) is 11.1. The second-order valence-corrected chi connectivity index (χ2v) is 3.72. The lowest BCUT2D eigenvalue weighted by atomic mass is 10.2. The molecule has 0 bridgehead atoms. The van der Waals surface area contributed by atoms with Gasteiger partial charge in [-0.15, -0.1) is 0 Å². The predicted molar refractivity (Wildman–Crippen MR) is 63.8 cm³/mol. The van der Waals surface area contributed by atoms with Crippen molar-refractivity contribution >= 4 is 22.5 Å². The number of carbonyl (C=O) groups excluding carboxylic acids is 1. The Hall–Kier alpha value is -1.97. The second kappa shape index (κ2) is 3.89. The summed E-state index contributed by atoms with van der Waals surface area (Å²) in [5.74, 6) is 0.709. The standard InChI is InChI=1S/C12H14N2O2/c1-8(15)13-11-7-14(2)12-5-4-9(16-3)6-10(11)12/h4-7H,1-3H3,(H,13,15). The van der Waals surface area contributed by atoms with Crippen LogP contribution in [0.3, 0.4) is 0 Å². The number of rotatable bonds is 2. The van der Waals surface area contributed by atoms with E-state index in [4.69, 9.17) is 4.74 Å². The number of hydrogen-bond donors (Lipinski definition) is 1. The number of nitrogens with one attached hydrogen (secondary N) is 1. The van der Waals surface area contributed by atoms with Crippen LogP contribution in [0.4, 0.5) is 5.69 Å². The van der Waals surface area contributed by atoms with Crippen LogP contribution in [0.5, 0.6) is 5.75 Å². The first kappa shape index (κ1) is 10.5. The molecule has 0 unspecified atom stereocenters. The number of amides is 1. The van der Waals surface area contributed by atoms with E-state index in [1.54, 1.807) is 7.11 Å². The summed E-state index contributed by atoms with van der Waals surface area (Å²) in [7, 11) is 3.57. The molecule has 0 aliphatic rings. The molecule has 1 heterocycles. The van der Waals surface area contributed by atoms with Crippen LogP contribution >= 0.6 is 0 Å². The largest absolute Gasteiger partial charge is 0.497 e. The number of hydrogen-bond acceptors (Lipinski definition) is 2. The van der Waals surface area contributed by atoms with Crippen LogP contribution in [0.15, 0.2) is 24.4 Å². The Bertz CT molecular complexity index is 543. The number of nitrogens with zero attached hydrogens (tertiary/aromatic N) is 1. The number of fused-ring (bicyclic) bond motifs is 1. The molecule has 0 saturated heterocycles. The number of aryl methyl sites for hydroxylation is 1. The van der Waals surface area contributed by atoms with Gasteiger partial charge in [0.25, 0.3) is 0 Å². The number of ether oxygens (including phenoxy) is 1. The summed E-state index contributed by atoms with van der Waals surface area (Å²) < 4.78 is 7.14. The third kappa shape index (κ3) is 1.74. The highest BCUT2D eigenvalue weighted by atomic mass is 16.5. The molecule has 1 amide bonds. The molecular formula is C12H14N2O2. The van der Waals surface area contributed by atoms with Crippen molar-refractivity contribution in [3.63, 3.8) is 0 Å². The molecule has 0 aliphatic carbocycles. The Kier molecular flexibility index (Phi) is 2.56. The van der Waals surface area contributed by atoms with Crippen LogP contribution in [0.25, 0.3) is 10.9 Å². The Morgan fingerprint density at radius 3 is 2.81 bits per heavy atom. The van der Waals surface area contributed by atoms with E-state index in [-0.39, 0.29) is 5.91 Å². The fraction of sp³-hybridized carbons (Fsp3) is 0.250. The van der Waals surface area contributed by atoms with Gasteiger partial charge in [-0.2, -0.15) is 0 Å². The van der Waals surface area contributed by atoms with E-state index in [2.05, 4.69) is 5.32 Å². The molecule has 0 atom stereocenters. The second-order valence-electron chi connectivity index (χ2n) is 3.72. The summed E-state index contributed by atoms with van der Waals surface area (Å²) >= 11 is 0. The maximum atomic E-state index is 11.1. The van der Waals surface area contributed by atoms with Crippen molar-refractivity contribution in [3.8, 4) is 5.75 Å². The molecule has 1 aromatic carbocycles. The van der Waals surface area contributed by atoms with Gasteiger partial charge >= 0.3 is 0 Å². The summed E-state index contributed by atoms with van der Waals surface area (Å²) in [6, 6.07) is 5.79.